The summed E-state index contributed by atoms with van der Waals surface area (Å²) in [6.07, 6.45) is 4.75. The number of ether oxygens (including phenoxy) is 1. The van der Waals surface area contributed by atoms with Crippen molar-refractivity contribution in [2.45, 2.75) is 32.8 Å². The van der Waals surface area contributed by atoms with Gasteiger partial charge in [0.25, 0.3) is 5.88 Å². The van der Waals surface area contributed by atoms with Gasteiger partial charge >= 0.3 is 5.97 Å². The lowest BCUT2D eigenvalue weighted by Gasteiger charge is -2.32. The second kappa shape index (κ2) is 5.86. The van der Waals surface area contributed by atoms with Crippen LogP contribution in [0.2, 0.25) is 0 Å². The van der Waals surface area contributed by atoms with Crippen molar-refractivity contribution in [3.8, 4) is 5.88 Å². The molecule has 0 bridgehead atoms. The predicted octanol–water partition coefficient (Wildman–Crippen LogP) is 1.56. The summed E-state index contributed by atoms with van der Waals surface area (Å²) in [4.78, 5) is 21.5. The minimum absolute atomic E-state index is 0.00973. The molecule has 1 aromatic rings. The van der Waals surface area contributed by atoms with E-state index in [0.29, 0.717) is 24.7 Å². The Morgan fingerprint density at radius 2 is 2.21 bits per heavy atom. The molecule has 2 rings (SSSR count). The van der Waals surface area contributed by atoms with Crippen LogP contribution < -0.4 is 9.64 Å². The summed E-state index contributed by atoms with van der Waals surface area (Å²) >= 11 is 0. The lowest BCUT2D eigenvalue weighted by Crippen LogP contribution is -2.39. The summed E-state index contributed by atoms with van der Waals surface area (Å²) < 4.78 is 5.63. The Kier molecular flexibility index (Phi) is 4.19. The second-order valence-corrected chi connectivity index (χ2v) is 4.98. The van der Waals surface area contributed by atoms with Gasteiger partial charge in [0.1, 0.15) is 0 Å². The zero-order chi connectivity index (χ0) is 13.8. The molecule has 0 radical (unpaired) electrons. The number of aliphatic carboxylic acids is 1. The highest BCUT2D eigenvalue weighted by Gasteiger charge is 2.28. The monoisotopic (exact) mass is 265 g/mol. The van der Waals surface area contributed by atoms with E-state index < -0.39 is 5.97 Å². The first-order valence-electron chi connectivity index (χ1n) is 6.53. The van der Waals surface area contributed by atoms with Crippen LogP contribution in [0.15, 0.2) is 12.4 Å². The topological polar surface area (TPSA) is 75.6 Å². The van der Waals surface area contributed by atoms with Gasteiger partial charge in [0, 0.05) is 25.5 Å². The Hall–Kier alpha value is -1.85. The standard InChI is InChI=1S/C13H19N3O3/c1-9(2)19-12-11(14-5-6-15-12)16-7-3-4-10(8-16)13(17)18/h5-6,9-10H,3-4,7-8H2,1-2H3,(H,17,18). The van der Waals surface area contributed by atoms with Crippen molar-refractivity contribution < 1.29 is 14.6 Å². The molecule has 0 amide bonds. The van der Waals surface area contributed by atoms with Crippen LogP contribution in [0.25, 0.3) is 0 Å². The molecule has 1 fully saturated rings. The Balaban J connectivity index is 2.18. The quantitative estimate of drug-likeness (QED) is 0.890. The first-order chi connectivity index (χ1) is 9.08. The van der Waals surface area contributed by atoms with Gasteiger partial charge in [0.15, 0.2) is 5.82 Å². The zero-order valence-corrected chi connectivity index (χ0v) is 11.2. The van der Waals surface area contributed by atoms with Crippen LogP contribution >= 0.6 is 0 Å². The molecule has 6 heteroatoms. The van der Waals surface area contributed by atoms with Crippen LogP contribution in [-0.2, 0) is 4.79 Å². The van der Waals surface area contributed by atoms with Crippen LogP contribution in [0.1, 0.15) is 26.7 Å². The number of hydrogen-bond acceptors (Lipinski definition) is 5. The number of nitrogens with zero attached hydrogens (tertiary/aromatic N) is 3. The molecule has 0 aliphatic carbocycles. The number of hydrogen-bond donors (Lipinski definition) is 1. The number of carboxylic acid groups (broad SMARTS) is 1. The third kappa shape index (κ3) is 3.33. The maximum atomic E-state index is 11.1. The van der Waals surface area contributed by atoms with Gasteiger partial charge in [-0.1, -0.05) is 0 Å². The molecule has 1 saturated heterocycles. The summed E-state index contributed by atoms with van der Waals surface area (Å²) in [5.41, 5.74) is 0. The first kappa shape index (κ1) is 13.6. The molecule has 6 nitrogen and oxygen atoms in total. The summed E-state index contributed by atoms with van der Waals surface area (Å²) in [5, 5.41) is 9.12. The van der Waals surface area contributed by atoms with E-state index in [0.717, 1.165) is 13.0 Å². The molecule has 2 heterocycles. The average Bonchev–Trinajstić information content (AvgIpc) is 2.39. The van der Waals surface area contributed by atoms with Gasteiger partial charge in [-0.15, -0.1) is 0 Å². The molecule has 1 aliphatic rings. The summed E-state index contributed by atoms with van der Waals surface area (Å²) in [5.74, 6) is 0.0215. The van der Waals surface area contributed by atoms with Gasteiger partial charge < -0.3 is 14.7 Å². The van der Waals surface area contributed by atoms with Gasteiger partial charge in [-0.3, -0.25) is 4.79 Å². The van der Waals surface area contributed by atoms with E-state index in [4.69, 9.17) is 9.84 Å². The number of anilines is 1. The summed E-state index contributed by atoms with van der Waals surface area (Å²) in [6.45, 7) is 5.10. The molecule has 1 unspecified atom stereocenters. The maximum absolute atomic E-state index is 11.1. The molecule has 0 spiro atoms. The van der Waals surface area contributed by atoms with Crippen molar-refractivity contribution in [3.63, 3.8) is 0 Å². The SMILES string of the molecule is CC(C)Oc1nccnc1N1CCCC(C(=O)O)C1. The van der Waals surface area contributed by atoms with Gasteiger partial charge in [-0.05, 0) is 26.7 Å². The largest absolute Gasteiger partial charge is 0.481 e. The highest BCUT2D eigenvalue weighted by molar-refractivity contribution is 5.71. The Labute approximate surface area is 112 Å². The van der Waals surface area contributed by atoms with Gasteiger partial charge in [0.2, 0.25) is 0 Å². The van der Waals surface area contributed by atoms with Crippen molar-refractivity contribution in [1.82, 2.24) is 9.97 Å². The van der Waals surface area contributed by atoms with Crippen molar-refractivity contribution in [3.05, 3.63) is 12.4 Å². The van der Waals surface area contributed by atoms with Crippen LogP contribution in [-0.4, -0.2) is 40.2 Å². The zero-order valence-electron chi connectivity index (χ0n) is 11.2. The molecule has 19 heavy (non-hydrogen) atoms. The van der Waals surface area contributed by atoms with E-state index in [1.807, 2.05) is 18.7 Å². The van der Waals surface area contributed by atoms with Crippen LogP contribution in [0.4, 0.5) is 5.82 Å². The van der Waals surface area contributed by atoms with E-state index in [2.05, 4.69) is 9.97 Å². The lowest BCUT2D eigenvalue weighted by atomic mass is 9.98. The molecule has 1 aliphatic heterocycles. The summed E-state index contributed by atoms with van der Waals surface area (Å²) in [6, 6.07) is 0. The smallest absolute Gasteiger partial charge is 0.308 e. The molecule has 1 atom stereocenters. The number of aromatic nitrogens is 2. The van der Waals surface area contributed by atoms with E-state index in [1.54, 1.807) is 12.4 Å². The van der Waals surface area contributed by atoms with E-state index in [-0.39, 0.29) is 12.0 Å². The Morgan fingerprint density at radius 3 is 2.89 bits per heavy atom. The van der Waals surface area contributed by atoms with Gasteiger partial charge in [-0.25, -0.2) is 9.97 Å². The highest BCUT2D eigenvalue weighted by Crippen LogP contribution is 2.28. The van der Waals surface area contributed by atoms with E-state index in [9.17, 15) is 4.79 Å². The third-order valence-corrected chi connectivity index (χ3v) is 3.06. The normalized spacial score (nSPS) is 19.5. The predicted molar refractivity (Wildman–Crippen MR) is 70.4 cm³/mol. The number of rotatable bonds is 4. The fraction of sp³-hybridized carbons (Fsp3) is 0.615. The molecule has 0 saturated carbocycles. The number of carboxylic acids is 1. The molecule has 104 valence electrons. The fourth-order valence-electron chi connectivity index (χ4n) is 2.21. The summed E-state index contributed by atoms with van der Waals surface area (Å²) in [7, 11) is 0. The Bertz CT molecular complexity index is 451. The molecular weight excluding hydrogens is 246 g/mol. The van der Waals surface area contributed by atoms with E-state index in [1.165, 1.54) is 0 Å². The maximum Gasteiger partial charge on any atom is 0.308 e. The molecule has 0 aromatic carbocycles. The Morgan fingerprint density at radius 1 is 1.47 bits per heavy atom. The van der Waals surface area contributed by atoms with Crippen molar-refractivity contribution in [2.24, 2.45) is 5.92 Å². The highest BCUT2D eigenvalue weighted by atomic mass is 16.5. The minimum atomic E-state index is -0.750. The minimum Gasteiger partial charge on any atom is -0.481 e. The van der Waals surface area contributed by atoms with Crippen molar-refractivity contribution >= 4 is 11.8 Å². The first-order valence-corrected chi connectivity index (χ1v) is 6.53. The molecule has 1 aromatic heterocycles. The van der Waals surface area contributed by atoms with Gasteiger partial charge in [-0.2, -0.15) is 0 Å². The second-order valence-electron chi connectivity index (χ2n) is 4.98. The van der Waals surface area contributed by atoms with Gasteiger partial charge in [0.05, 0.1) is 12.0 Å². The third-order valence-electron chi connectivity index (χ3n) is 3.06. The lowest BCUT2D eigenvalue weighted by molar-refractivity contribution is -0.141. The van der Waals surface area contributed by atoms with Crippen molar-refractivity contribution in [1.29, 1.82) is 0 Å². The van der Waals surface area contributed by atoms with Crippen molar-refractivity contribution in [2.75, 3.05) is 18.0 Å². The van der Waals surface area contributed by atoms with Crippen LogP contribution in [0.3, 0.4) is 0 Å². The average molecular weight is 265 g/mol. The van der Waals surface area contributed by atoms with Crippen LogP contribution in [0, 0.1) is 5.92 Å². The van der Waals surface area contributed by atoms with E-state index >= 15 is 0 Å². The number of piperidine rings is 1. The molecule has 1 N–H and O–H groups in total. The molecular formula is C13H19N3O3. The van der Waals surface area contributed by atoms with Crippen LogP contribution in [0.5, 0.6) is 5.88 Å². The number of carbonyl (C=O) groups is 1. The fourth-order valence-corrected chi connectivity index (χ4v) is 2.21.